The summed E-state index contributed by atoms with van der Waals surface area (Å²) in [6, 6.07) is 0.697. The number of hydrogen-bond donors (Lipinski definition) is 0. The first-order valence-electron chi connectivity index (χ1n) is 4.94. The number of ether oxygens (including phenoxy) is 1. The molecule has 0 saturated heterocycles. The third-order valence-electron chi connectivity index (χ3n) is 1.83. The monoisotopic (exact) mass is 218 g/mol. The van der Waals surface area contributed by atoms with Gasteiger partial charge in [0.05, 0.1) is 6.61 Å². The number of esters is 1. The van der Waals surface area contributed by atoms with Gasteiger partial charge in [0, 0.05) is 6.08 Å². The summed E-state index contributed by atoms with van der Waals surface area (Å²) in [6.07, 6.45) is 3.77. The highest BCUT2D eigenvalue weighted by Gasteiger charge is 2.18. The lowest BCUT2D eigenvalue weighted by molar-refractivity contribution is -0.137. The van der Waals surface area contributed by atoms with Crippen LogP contribution in [0.3, 0.4) is 0 Å². The van der Waals surface area contributed by atoms with Crippen molar-refractivity contribution in [3.05, 3.63) is 12.7 Å². The zero-order valence-corrected chi connectivity index (χ0v) is 10.0. The third kappa shape index (κ3) is 9.44. The van der Waals surface area contributed by atoms with E-state index in [4.69, 9.17) is 4.74 Å². The Bertz CT molecular complexity index is 187. The molecule has 0 rings (SSSR count). The van der Waals surface area contributed by atoms with Crippen molar-refractivity contribution in [3.8, 4) is 0 Å². The minimum atomic E-state index is -2.37. The number of halogens is 1. The summed E-state index contributed by atoms with van der Waals surface area (Å²) in [4.78, 5) is 10.6. The van der Waals surface area contributed by atoms with Crippen LogP contribution in [-0.2, 0) is 9.53 Å². The first-order valence-corrected chi connectivity index (χ1v) is 8.02. The largest absolute Gasteiger partial charge is 0.463 e. The van der Waals surface area contributed by atoms with Crippen LogP contribution in [0.1, 0.15) is 19.3 Å². The van der Waals surface area contributed by atoms with Gasteiger partial charge < -0.3 is 8.84 Å². The minimum absolute atomic E-state index is 0.384. The van der Waals surface area contributed by atoms with Crippen molar-refractivity contribution in [2.24, 2.45) is 0 Å². The molecule has 0 fully saturated rings. The van der Waals surface area contributed by atoms with Crippen LogP contribution in [0.5, 0.6) is 0 Å². The molecular formula is C10H19FO2Si. The Hall–Kier alpha value is -0.643. The number of unbranched alkanes of at least 4 members (excludes halogenated alkanes) is 2. The van der Waals surface area contributed by atoms with Gasteiger partial charge in [-0.2, -0.15) is 0 Å². The fourth-order valence-electron chi connectivity index (χ4n) is 1.06. The van der Waals surface area contributed by atoms with Crippen LogP contribution >= 0.6 is 0 Å². The molecule has 2 nitrogen and oxygen atoms in total. The number of carbonyl (C=O) groups is 1. The smallest absolute Gasteiger partial charge is 0.330 e. The molecule has 0 aliphatic carbocycles. The Morgan fingerprint density at radius 1 is 1.43 bits per heavy atom. The molecular weight excluding hydrogens is 199 g/mol. The number of carbonyl (C=O) groups excluding carboxylic acids is 1. The average molecular weight is 218 g/mol. The van der Waals surface area contributed by atoms with Crippen molar-refractivity contribution < 1.29 is 13.6 Å². The second kappa shape index (κ2) is 6.76. The molecule has 0 atom stereocenters. The van der Waals surface area contributed by atoms with Gasteiger partial charge in [-0.1, -0.05) is 19.4 Å². The molecule has 0 unspecified atom stereocenters. The molecule has 0 N–H and O–H groups in total. The number of hydrogen-bond acceptors (Lipinski definition) is 2. The Morgan fingerprint density at radius 3 is 2.57 bits per heavy atom. The van der Waals surface area contributed by atoms with E-state index >= 15 is 0 Å². The summed E-state index contributed by atoms with van der Waals surface area (Å²) < 4.78 is 17.9. The van der Waals surface area contributed by atoms with Crippen LogP contribution in [0.25, 0.3) is 0 Å². The molecule has 0 heterocycles. The molecule has 0 aliphatic rings. The van der Waals surface area contributed by atoms with E-state index in [1.54, 1.807) is 13.1 Å². The maximum Gasteiger partial charge on any atom is 0.330 e. The lowest BCUT2D eigenvalue weighted by Crippen LogP contribution is -2.16. The molecule has 0 aliphatic heterocycles. The van der Waals surface area contributed by atoms with Gasteiger partial charge >= 0.3 is 5.97 Å². The standard InChI is InChI=1S/C10H19FO2Si/c1-4-10(12)13-8-6-5-7-9-14(2,3)11/h4H,1,5-9H2,2-3H3. The Balaban J connectivity index is 3.22. The molecule has 4 heteroatoms. The second-order valence-corrected chi connectivity index (χ2v) is 7.84. The Kier molecular flexibility index (Phi) is 6.45. The molecule has 0 aromatic heterocycles. The zero-order valence-electron chi connectivity index (χ0n) is 9.01. The SMILES string of the molecule is C=CC(=O)OCCCCC[Si](C)(C)F. The molecule has 0 bridgehead atoms. The quantitative estimate of drug-likeness (QED) is 0.216. The predicted molar refractivity (Wildman–Crippen MR) is 58.4 cm³/mol. The van der Waals surface area contributed by atoms with Gasteiger partial charge in [0.25, 0.3) is 0 Å². The zero-order chi connectivity index (χ0) is 11.0. The van der Waals surface area contributed by atoms with Crippen molar-refractivity contribution >= 4 is 14.4 Å². The van der Waals surface area contributed by atoms with E-state index < -0.39 is 8.41 Å². The first kappa shape index (κ1) is 13.4. The van der Waals surface area contributed by atoms with E-state index in [1.165, 1.54) is 0 Å². The summed E-state index contributed by atoms with van der Waals surface area (Å²) >= 11 is 0. The maximum atomic E-state index is 13.1. The minimum Gasteiger partial charge on any atom is -0.463 e. The van der Waals surface area contributed by atoms with E-state index in [0.29, 0.717) is 12.7 Å². The van der Waals surface area contributed by atoms with Crippen LogP contribution in [-0.4, -0.2) is 21.0 Å². The molecule has 0 aromatic rings. The van der Waals surface area contributed by atoms with Crippen molar-refractivity contribution in [1.82, 2.24) is 0 Å². The summed E-state index contributed by atoms with van der Waals surface area (Å²) in [5, 5.41) is 0. The van der Waals surface area contributed by atoms with Crippen LogP contribution in [0.4, 0.5) is 4.11 Å². The van der Waals surface area contributed by atoms with E-state index in [0.717, 1.165) is 25.3 Å². The van der Waals surface area contributed by atoms with E-state index in [-0.39, 0.29) is 5.97 Å². The number of rotatable bonds is 7. The average Bonchev–Trinajstić information content (AvgIpc) is 2.08. The highest BCUT2D eigenvalue weighted by Crippen LogP contribution is 2.15. The molecule has 82 valence electrons. The molecule has 0 aromatic carbocycles. The maximum absolute atomic E-state index is 13.1. The summed E-state index contributed by atoms with van der Waals surface area (Å²) in [6.45, 7) is 7.13. The van der Waals surface area contributed by atoms with Crippen LogP contribution in [0.15, 0.2) is 12.7 Å². The Labute approximate surface area is 86.3 Å². The van der Waals surface area contributed by atoms with Gasteiger partial charge in [0.2, 0.25) is 8.41 Å². The van der Waals surface area contributed by atoms with Gasteiger partial charge in [0.1, 0.15) is 0 Å². The highest BCUT2D eigenvalue weighted by atomic mass is 28.4. The molecule has 0 amide bonds. The molecule has 0 spiro atoms. The lowest BCUT2D eigenvalue weighted by atomic mass is 10.3. The van der Waals surface area contributed by atoms with Gasteiger partial charge in [-0.05, 0) is 25.6 Å². The summed E-state index contributed by atoms with van der Waals surface area (Å²) in [7, 11) is -2.37. The first-order chi connectivity index (χ1) is 6.45. The lowest BCUT2D eigenvalue weighted by Gasteiger charge is -2.09. The van der Waals surface area contributed by atoms with E-state index in [2.05, 4.69) is 6.58 Å². The summed E-state index contributed by atoms with van der Waals surface area (Å²) in [5.74, 6) is -0.384. The van der Waals surface area contributed by atoms with Gasteiger partial charge in [-0.15, -0.1) is 0 Å². The fourth-order valence-corrected chi connectivity index (χ4v) is 2.15. The van der Waals surface area contributed by atoms with Gasteiger partial charge in [0.15, 0.2) is 0 Å². The predicted octanol–water partition coefficient (Wildman–Crippen LogP) is 3.06. The summed E-state index contributed by atoms with van der Waals surface area (Å²) in [5.41, 5.74) is 0. The van der Waals surface area contributed by atoms with Crippen molar-refractivity contribution in [3.63, 3.8) is 0 Å². The molecule has 0 radical (unpaired) electrons. The van der Waals surface area contributed by atoms with E-state index in [1.807, 2.05) is 0 Å². The topological polar surface area (TPSA) is 26.3 Å². The molecule has 14 heavy (non-hydrogen) atoms. The third-order valence-corrected chi connectivity index (χ3v) is 3.37. The van der Waals surface area contributed by atoms with Crippen LogP contribution in [0.2, 0.25) is 19.1 Å². The Morgan fingerprint density at radius 2 is 2.07 bits per heavy atom. The van der Waals surface area contributed by atoms with Crippen LogP contribution in [0, 0.1) is 0 Å². The van der Waals surface area contributed by atoms with Crippen LogP contribution < -0.4 is 0 Å². The normalized spacial score (nSPS) is 11.1. The second-order valence-electron chi connectivity index (χ2n) is 3.90. The van der Waals surface area contributed by atoms with Crippen molar-refractivity contribution in [2.75, 3.05) is 6.61 Å². The van der Waals surface area contributed by atoms with E-state index in [9.17, 15) is 8.90 Å². The van der Waals surface area contributed by atoms with Crippen molar-refractivity contribution in [1.29, 1.82) is 0 Å². The fraction of sp³-hybridized carbons (Fsp3) is 0.700. The molecule has 0 saturated carbocycles. The highest BCUT2D eigenvalue weighted by molar-refractivity contribution is 6.70. The van der Waals surface area contributed by atoms with Crippen molar-refractivity contribution in [2.45, 2.75) is 38.4 Å². The van der Waals surface area contributed by atoms with Gasteiger partial charge in [-0.25, -0.2) is 4.79 Å². The van der Waals surface area contributed by atoms with Gasteiger partial charge in [-0.3, -0.25) is 0 Å².